The Morgan fingerprint density at radius 1 is 0.943 bits per heavy atom. The topological polar surface area (TPSA) is 103 Å². The molecule has 186 valence electrons. The van der Waals surface area contributed by atoms with Gasteiger partial charge in [0, 0.05) is 11.8 Å². The number of carbonyl (C=O) groups is 2. The number of hydrogen-bond donors (Lipinski definition) is 3. The lowest BCUT2D eigenvalue weighted by Crippen LogP contribution is -2.56. The van der Waals surface area contributed by atoms with Crippen LogP contribution in [0.3, 0.4) is 0 Å². The fraction of sp³-hybridized carbons (Fsp3) is 0.444. The molecule has 0 radical (unpaired) electrons. The molecule has 1 saturated carbocycles. The summed E-state index contributed by atoms with van der Waals surface area (Å²) in [5.74, 6) is -0.0281. The van der Waals surface area contributed by atoms with Gasteiger partial charge in [-0.05, 0) is 62.3 Å². The van der Waals surface area contributed by atoms with Crippen LogP contribution in [0.25, 0.3) is 11.1 Å². The van der Waals surface area contributed by atoms with E-state index >= 15 is 0 Å². The molecule has 4 N–H and O–H groups in total. The van der Waals surface area contributed by atoms with E-state index in [1.54, 1.807) is 20.8 Å². The minimum atomic E-state index is -0.628. The average molecular weight is 496 g/mol. The van der Waals surface area contributed by atoms with Crippen molar-refractivity contribution in [2.75, 3.05) is 6.61 Å². The van der Waals surface area contributed by atoms with Crippen molar-refractivity contribution in [1.29, 1.82) is 0 Å². The molecule has 2 aromatic rings. The van der Waals surface area contributed by atoms with E-state index in [1.807, 2.05) is 24.3 Å². The van der Waals surface area contributed by atoms with E-state index in [1.165, 1.54) is 11.1 Å². The summed E-state index contributed by atoms with van der Waals surface area (Å²) in [6.07, 6.45) is 0.832. The maximum absolute atomic E-state index is 12.8. The van der Waals surface area contributed by atoms with Gasteiger partial charge in [0.25, 0.3) is 0 Å². The molecule has 2 aromatic carbocycles. The summed E-state index contributed by atoms with van der Waals surface area (Å²) < 4.78 is 11.1. The van der Waals surface area contributed by atoms with Crippen LogP contribution in [0.2, 0.25) is 0 Å². The van der Waals surface area contributed by atoms with Gasteiger partial charge in [-0.15, -0.1) is 0 Å². The van der Waals surface area contributed by atoms with Gasteiger partial charge in [-0.3, -0.25) is 0 Å². The zero-order chi connectivity index (χ0) is 25.2. The summed E-state index contributed by atoms with van der Waals surface area (Å²) in [6, 6.07) is 15.7. The Kier molecular flexibility index (Phi) is 7.31. The standard InChI is InChI=1S/C27H33N3O4S/c1-27(2,3)34-26(32)30-23-14-16(24(28)35)12-13-22(23)29-25(31)33-15-21-19-10-6-4-8-17(19)18-9-5-7-11-20(18)21/h4-11,16,21-23H,12-15H2,1-3H3,(H2,28,35)(H,29,31)(H,30,32). The van der Waals surface area contributed by atoms with Crippen LogP contribution in [-0.2, 0) is 9.47 Å². The third-order valence-electron chi connectivity index (χ3n) is 6.60. The van der Waals surface area contributed by atoms with Gasteiger partial charge in [0.15, 0.2) is 0 Å². The Morgan fingerprint density at radius 3 is 2.09 bits per heavy atom. The third kappa shape index (κ3) is 5.93. The third-order valence-corrected chi connectivity index (χ3v) is 6.94. The number of fused-ring (bicyclic) bond motifs is 3. The predicted molar refractivity (Wildman–Crippen MR) is 139 cm³/mol. The minimum absolute atomic E-state index is 0.00880. The highest BCUT2D eigenvalue weighted by Gasteiger charge is 2.35. The second-order valence-corrected chi connectivity index (χ2v) is 10.7. The lowest BCUT2D eigenvalue weighted by atomic mass is 9.82. The lowest BCUT2D eigenvalue weighted by Gasteiger charge is -2.36. The zero-order valence-electron chi connectivity index (χ0n) is 20.4. The molecule has 35 heavy (non-hydrogen) atoms. The van der Waals surface area contributed by atoms with Gasteiger partial charge < -0.3 is 25.8 Å². The van der Waals surface area contributed by atoms with Crippen molar-refractivity contribution in [2.45, 2.75) is 63.6 Å². The highest BCUT2D eigenvalue weighted by Crippen LogP contribution is 2.44. The maximum Gasteiger partial charge on any atom is 0.407 e. The van der Waals surface area contributed by atoms with Gasteiger partial charge in [-0.1, -0.05) is 60.7 Å². The van der Waals surface area contributed by atoms with Gasteiger partial charge in [0.2, 0.25) is 0 Å². The number of hydrogen-bond acceptors (Lipinski definition) is 5. The second-order valence-electron chi connectivity index (χ2n) is 10.2. The van der Waals surface area contributed by atoms with Gasteiger partial charge in [-0.25, -0.2) is 9.59 Å². The molecule has 7 nitrogen and oxygen atoms in total. The molecule has 1 fully saturated rings. The van der Waals surface area contributed by atoms with Gasteiger partial charge in [-0.2, -0.15) is 0 Å². The van der Waals surface area contributed by atoms with Crippen LogP contribution < -0.4 is 16.4 Å². The first-order valence-corrected chi connectivity index (χ1v) is 12.4. The molecule has 4 rings (SSSR count). The van der Waals surface area contributed by atoms with Gasteiger partial charge in [0.1, 0.15) is 12.2 Å². The number of rotatable bonds is 5. The highest BCUT2D eigenvalue weighted by molar-refractivity contribution is 7.80. The largest absolute Gasteiger partial charge is 0.449 e. The normalized spacial score (nSPS) is 21.4. The first-order chi connectivity index (χ1) is 16.6. The molecule has 0 saturated heterocycles. The van der Waals surface area contributed by atoms with Crippen molar-refractivity contribution >= 4 is 29.4 Å². The van der Waals surface area contributed by atoms with E-state index in [2.05, 4.69) is 34.9 Å². The van der Waals surface area contributed by atoms with E-state index in [0.717, 1.165) is 17.5 Å². The molecule has 3 unspecified atom stereocenters. The number of ether oxygens (including phenoxy) is 2. The molecule has 0 heterocycles. The van der Waals surface area contributed by atoms with Crippen molar-refractivity contribution in [3.63, 3.8) is 0 Å². The number of amides is 2. The fourth-order valence-corrected chi connectivity index (χ4v) is 5.23. The van der Waals surface area contributed by atoms with Crippen molar-refractivity contribution in [1.82, 2.24) is 10.6 Å². The van der Waals surface area contributed by atoms with Crippen molar-refractivity contribution < 1.29 is 19.1 Å². The zero-order valence-corrected chi connectivity index (χ0v) is 21.2. The van der Waals surface area contributed by atoms with E-state index in [-0.39, 0.29) is 30.5 Å². The molecule has 2 aliphatic carbocycles. The monoisotopic (exact) mass is 495 g/mol. The predicted octanol–water partition coefficient (Wildman–Crippen LogP) is 4.87. The average Bonchev–Trinajstić information content (AvgIpc) is 3.11. The molecular formula is C27H33N3O4S. The first kappa shape index (κ1) is 25.0. The van der Waals surface area contributed by atoms with Crippen LogP contribution in [-0.4, -0.2) is 41.5 Å². The summed E-state index contributed by atoms with van der Waals surface area (Å²) in [5, 5.41) is 5.85. The smallest absolute Gasteiger partial charge is 0.407 e. The minimum Gasteiger partial charge on any atom is -0.449 e. The van der Waals surface area contributed by atoms with E-state index in [9.17, 15) is 9.59 Å². The number of alkyl carbamates (subject to hydrolysis) is 2. The molecule has 3 atom stereocenters. The van der Waals surface area contributed by atoms with Crippen LogP contribution in [0, 0.1) is 5.92 Å². The number of nitrogens with two attached hydrogens (primary N) is 1. The van der Waals surface area contributed by atoms with E-state index in [0.29, 0.717) is 17.8 Å². The first-order valence-electron chi connectivity index (χ1n) is 12.0. The van der Waals surface area contributed by atoms with E-state index < -0.39 is 17.8 Å². The summed E-state index contributed by atoms with van der Waals surface area (Å²) in [4.78, 5) is 25.7. The van der Waals surface area contributed by atoms with Crippen molar-refractivity contribution in [3.05, 3.63) is 59.7 Å². The SMILES string of the molecule is CC(C)(C)OC(=O)NC1CC(C(N)=S)CCC1NC(=O)OCC1c2ccccc2-c2ccccc21. The number of thiocarbonyl (C=S) groups is 1. The van der Waals surface area contributed by atoms with Crippen molar-refractivity contribution in [2.24, 2.45) is 11.7 Å². The van der Waals surface area contributed by atoms with Crippen LogP contribution in [0.1, 0.15) is 57.1 Å². The summed E-state index contributed by atoms with van der Waals surface area (Å²) >= 11 is 5.19. The molecule has 0 aromatic heterocycles. The van der Waals surface area contributed by atoms with E-state index in [4.69, 9.17) is 27.4 Å². The number of carbonyl (C=O) groups excluding carboxylic acids is 2. The van der Waals surface area contributed by atoms with Gasteiger partial charge >= 0.3 is 12.2 Å². The molecule has 2 amide bonds. The molecule has 0 bridgehead atoms. The Morgan fingerprint density at radius 2 is 1.51 bits per heavy atom. The summed E-state index contributed by atoms with van der Waals surface area (Å²) in [6.45, 7) is 5.64. The van der Waals surface area contributed by atoms with Crippen LogP contribution in [0.4, 0.5) is 9.59 Å². The summed E-state index contributed by atoms with van der Waals surface area (Å²) in [5.41, 5.74) is 9.91. The Labute approximate surface area is 211 Å². The molecule has 8 heteroatoms. The Hall–Kier alpha value is -3.13. The number of benzene rings is 2. The second kappa shape index (κ2) is 10.2. The molecule has 0 aliphatic heterocycles. The fourth-order valence-electron chi connectivity index (χ4n) is 5.01. The summed E-state index contributed by atoms with van der Waals surface area (Å²) in [7, 11) is 0. The maximum atomic E-state index is 12.8. The molecule has 2 aliphatic rings. The van der Waals surface area contributed by atoms with Crippen LogP contribution in [0.5, 0.6) is 0 Å². The quantitative estimate of drug-likeness (QED) is 0.511. The molecular weight excluding hydrogens is 462 g/mol. The van der Waals surface area contributed by atoms with Crippen molar-refractivity contribution in [3.8, 4) is 11.1 Å². The Bertz CT molecular complexity index is 1070. The Balaban J connectivity index is 1.40. The number of nitrogens with one attached hydrogen (secondary N) is 2. The lowest BCUT2D eigenvalue weighted by molar-refractivity contribution is 0.0470. The van der Waals surface area contributed by atoms with Crippen LogP contribution >= 0.6 is 12.2 Å². The van der Waals surface area contributed by atoms with Gasteiger partial charge in [0.05, 0.1) is 17.1 Å². The molecule has 0 spiro atoms. The highest BCUT2D eigenvalue weighted by atomic mass is 32.1. The van der Waals surface area contributed by atoms with Crippen LogP contribution in [0.15, 0.2) is 48.5 Å².